The van der Waals surface area contributed by atoms with Crippen molar-refractivity contribution in [2.45, 2.75) is 31.7 Å². The summed E-state index contributed by atoms with van der Waals surface area (Å²) in [6, 6.07) is 6.75. The summed E-state index contributed by atoms with van der Waals surface area (Å²) < 4.78 is 0. The first kappa shape index (κ1) is 15.3. The Bertz CT molecular complexity index is 540. The fraction of sp³-hybridized carbons (Fsp3) is 0.467. The zero-order chi connectivity index (χ0) is 15.6. The van der Waals surface area contributed by atoms with E-state index in [1.54, 1.807) is 43.0 Å². The highest BCUT2D eigenvalue weighted by Crippen LogP contribution is 2.25. The number of amides is 2. The third-order valence-corrected chi connectivity index (χ3v) is 3.90. The van der Waals surface area contributed by atoms with Crippen LogP contribution in [0.4, 0.5) is 10.5 Å². The average Bonchev–Trinajstić information content (AvgIpc) is 2.86. The third-order valence-electron chi connectivity index (χ3n) is 3.90. The van der Waals surface area contributed by atoms with Crippen molar-refractivity contribution >= 4 is 17.7 Å². The summed E-state index contributed by atoms with van der Waals surface area (Å²) in [6.07, 6.45) is 0.819. The number of rotatable bonds is 3. The molecule has 0 aliphatic carbocycles. The molecule has 6 heteroatoms. The summed E-state index contributed by atoms with van der Waals surface area (Å²) in [5, 5.41) is 12.0. The molecule has 1 aromatic carbocycles. The number of anilines is 1. The number of nitrogens with one attached hydrogen (secondary N) is 1. The van der Waals surface area contributed by atoms with Crippen molar-refractivity contribution < 1.29 is 14.7 Å². The maximum absolute atomic E-state index is 12.0. The summed E-state index contributed by atoms with van der Waals surface area (Å²) >= 11 is 0. The van der Waals surface area contributed by atoms with E-state index in [0.29, 0.717) is 24.3 Å². The van der Waals surface area contributed by atoms with Gasteiger partial charge in [0.15, 0.2) is 0 Å². The fourth-order valence-corrected chi connectivity index (χ4v) is 2.27. The molecule has 1 aromatic rings. The lowest BCUT2D eigenvalue weighted by molar-refractivity contribution is -0.142. The second-order valence-corrected chi connectivity index (χ2v) is 5.93. The number of urea groups is 1. The van der Waals surface area contributed by atoms with Crippen LogP contribution in [0.2, 0.25) is 0 Å². The van der Waals surface area contributed by atoms with Crippen LogP contribution in [-0.2, 0) is 10.2 Å². The zero-order valence-electron chi connectivity index (χ0n) is 12.3. The Morgan fingerprint density at radius 1 is 1.33 bits per heavy atom. The minimum Gasteiger partial charge on any atom is -0.481 e. The molecule has 1 saturated heterocycles. The van der Waals surface area contributed by atoms with Gasteiger partial charge in [-0.25, -0.2) is 4.79 Å². The summed E-state index contributed by atoms with van der Waals surface area (Å²) in [4.78, 5) is 24.9. The number of nitrogens with two attached hydrogens (primary N) is 1. The van der Waals surface area contributed by atoms with Crippen LogP contribution in [0, 0.1) is 0 Å². The number of nitrogens with zero attached hydrogens (tertiary/aromatic N) is 1. The summed E-state index contributed by atoms with van der Waals surface area (Å²) in [5.41, 5.74) is 6.16. The molecule has 0 radical (unpaired) electrons. The van der Waals surface area contributed by atoms with Gasteiger partial charge < -0.3 is 21.1 Å². The van der Waals surface area contributed by atoms with Gasteiger partial charge in [-0.3, -0.25) is 4.79 Å². The first-order chi connectivity index (χ1) is 9.80. The van der Waals surface area contributed by atoms with E-state index in [-0.39, 0.29) is 12.1 Å². The molecule has 1 aliphatic heterocycles. The van der Waals surface area contributed by atoms with Crippen LogP contribution in [0.15, 0.2) is 24.3 Å². The molecule has 0 saturated carbocycles. The van der Waals surface area contributed by atoms with Crippen LogP contribution >= 0.6 is 0 Å². The Balaban J connectivity index is 2.03. The van der Waals surface area contributed by atoms with Gasteiger partial charge in [0, 0.05) is 24.8 Å². The highest BCUT2D eigenvalue weighted by atomic mass is 16.4. The fourth-order valence-electron chi connectivity index (χ4n) is 2.27. The predicted molar refractivity (Wildman–Crippen MR) is 80.3 cm³/mol. The Kier molecular flexibility index (Phi) is 4.18. The lowest BCUT2D eigenvalue weighted by Gasteiger charge is -2.20. The molecule has 0 bridgehead atoms. The van der Waals surface area contributed by atoms with Gasteiger partial charge in [-0.05, 0) is 38.0 Å². The Labute approximate surface area is 123 Å². The Hall–Kier alpha value is -2.08. The minimum absolute atomic E-state index is 0.0505. The molecular formula is C15H21N3O3. The number of carbonyl (C=O) groups excluding carboxylic acids is 1. The number of benzene rings is 1. The Morgan fingerprint density at radius 2 is 1.95 bits per heavy atom. The van der Waals surface area contributed by atoms with Crippen molar-refractivity contribution in [2.75, 3.05) is 18.4 Å². The standard InChI is InChI=1S/C15H21N3O3/c1-15(2,13(19)20)10-3-5-12(6-4-10)17-14(21)18-8-7-11(16)9-18/h3-6,11H,7-9,16H2,1-2H3,(H,17,21)(H,19,20). The zero-order valence-corrected chi connectivity index (χ0v) is 12.3. The monoisotopic (exact) mass is 291 g/mol. The van der Waals surface area contributed by atoms with Crippen LogP contribution in [0.3, 0.4) is 0 Å². The molecule has 1 aliphatic rings. The van der Waals surface area contributed by atoms with Crippen molar-refractivity contribution in [1.29, 1.82) is 0 Å². The number of carboxylic acids is 1. The normalized spacial score (nSPS) is 18.6. The van der Waals surface area contributed by atoms with Gasteiger partial charge in [0.1, 0.15) is 0 Å². The molecule has 2 rings (SSSR count). The van der Waals surface area contributed by atoms with Crippen molar-refractivity contribution in [3.63, 3.8) is 0 Å². The molecule has 4 N–H and O–H groups in total. The molecule has 1 atom stereocenters. The molecule has 21 heavy (non-hydrogen) atoms. The second kappa shape index (κ2) is 5.73. The van der Waals surface area contributed by atoms with Crippen molar-refractivity contribution in [2.24, 2.45) is 5.73 Å². The highest BCUT2D eigenvalue weighted by molar-refractivity contribution is 5.89. The van der Waals surface area contributed by atoms with E-state index in [9.17, 15) is 14.7 Å². The van der Waals surface area contributed by atoms with E-state index in [0.717, 1.165) is 6.42 Å². The summed E-state index contributed by atoms with van der Waals surface area (Å²) in [5.74, 6) is -0.884. The van der Waals surface area contributed by atoms with Crippen LogP contribution in [0.25, 0.3) is 0 Å². The highest BCUT2D eigenvalue weighted by Gasteiger charge is 2.29. The number of hydrogen-bond donors (Lipinski definition) is 3. The molecule has 0 spiro atoms. The van der Waals surface area contributed by atoms with Gasteiger partial charge in [0.2, 0.25) is 0 Å². The van der Waals surface area contributed by atoms with E-state index in [1.165, 1.54) is 0 Å². The van der Waals surface area contributed by atoms with Gasteiger partial charge in [0.25, 0.3) is 0 Å². The van der Waals surface area contributed by atoms with Crippen molar-refractivity contribution in [1.82, 2.24) is 4.90 Å². The molecule has 2 amide bonds. The van der Waals surface area contributed by atoms with Crippen molar-refractivity contribution in [3.8, 4) is 0 Å². The number of carbonyl (C=O) groups is 2. The third kappa shape index (κ3) is 3.33. The van der Waals surface area contributed by atoms with Gasteiger partial charge in [-0.15, -0.1) is 0 Å². The summed E-state index contributed by atoms with van der Waals surface area (Å²) in [6.45, 7) is 4.52. The maximum atomic E-state index is 12.0. The first-order valence-electron chi connectivity index (χ1n) is 6.96. The molecule has 1 fully saturated rings. The van der Waals surface area contributed by atoms with Crippen LogP contribution in [-0.4, -0.2) is 41.1 Å². The number of carboxylic acid groups (broad SMARTS) is 1. The number of aliphatic carboxylic acids is 1. The molecule has 1 heterocycles. The molecule has 1 unspecified atom stereocenters. The van der Waals surface area contributed by atoms with Crippen LogP contribution in [0.1, 0.15) is 25.8 Å². The van der Waals surface area contributed by atoms with E-state index < -0.39 is 11.4 Å². The van der Waals surface area contributed by atoms with Gasteiger partial charge in [0.05, 0.1) is 5.41 Å². The van der Waals surface area contributed by atoms with E-state index in [2.05, 4.69) is 5.32 Å². The molecule has 0 aromatic heterocycles. The van der Waals surface area contributed by atoms with Gasteiger partial charge in [-0.1, -0.05) is 12.1 Å². The quantitative estimate of drug-likeness (QED) is 0.788. The van der Waals surface area contributed by atoms with Crippen molar-refractivity contribution in [3.05, 3.63) is 29.8 Å². The molecular weight excluding hydrogens is 270 g/mol. The van der Waals surface area contributed by atoms with E-state index in [4.69, 9.17) is 5.73 Å². The topological polar surface area (TPSA) is 95.7 Å². The largest absolute Gasteiger partial charge is 0.481 e. The number of likely N-dealkylation sites (tertiary alicyclic amines) is 1. The summed E-state index contributed by atoms with van der Waals surface area (Å²) in [7, 11) is 0. The molecule has 114 valence electrons. The van der Waals surface area contributed by atoms with Gasteiger partial charge in [-0.2, -0.15) is 0 Å². The minimum atomic E-state index is -0.954. The number of hydrogen-bond acceptors (Lipinski definition) is 3. The molecule has 6 nitrogen and oxygen atoms in total. The predicted octanol–water partition coefficient (Wildman–Crippen LogP) is 1.61. The van der Waals surface area contributed by atoms with Gasteiger partial charge >= 0.3 is 12.0 Å². The smallest absolute Gasteiger partial charge is 0.321 e. The first-order valence-corrected chi connectivity index (χ1v) is 6.96. The van der Waals surface area contributed by atoms with E-state index >= 15 is 0 Å². The lowest BCUT2D eigenvalue weighted by Crippen LogP contribution is -2.35. The maximum Gasteiger partial charge on any atom is 0.321 e. The lowest BCUT2D eigenvalue weighted by atomic mass is 9.85. The second-order valence-electron chi connectivity index (χ2n) is 5.93. The van der Waals surface area contributed by atoms with Crippen LogP contribution in [0.5, 0.6) is 0 Å². The van der Waals surface area contributed by atoms with Crippen LogP contribution < -0.4 is 11.1 Å². The van der Waals surface area contributed by atoms with E-state index in [1.807, 2.05) is 0 Å². The average molecular weight is 291 g/mol. The Morgan fingerprint density at radius 3 is 2.43 bits per heavy atom. The SMILES string of the molecule is CC(C)(C(=O)O)c1ccc(NC(=O)N2CCC(N)C2)cc1.